The molecule has 3 aromatic rings. The Kier molecular flexibility index (Phi) is 4.09. The van der Waals surface area contributed by atoms with Crippen LogP contribution >= 0.6 is 0 Å². The molecule has 0 spiro atoms. The maximum Gasteiger partial charge on any atom is 0.220 e. The van der Waals surface area contributed by atoms with Crippen LogP contribution < -0.4 is 10.1 Å². The monoisotopic (exact) mass is 336 g/mol. The van der Waals surface area contributed by atoms with Crippen molar-refractivity contribution in [2.75, 3.05) is 13.2 Å². The topological polar surface area (TPSA) is 69.0 Å². The SMILES string of the molecule is CCn1cc(-c2cc(OCC3CNC(=O)C3)c3cccnc3c2)cn1. The Morgan fingerprint density at radius 1 is 1.36 bits per heavy atom. The summed E-state index contributed by atoms with van der Waals surface area (Å²) in [6.07, 6.45) is 6.19. The lowest BCUT2D eigenvalue weighted by Gasteiger charge is -2.13. The molecule has 1 aliphatic rings. The quantitative estimate of drug-likeness (QED) is 0.778. The van der Waals surface area contributed by atoms with Gasteiger partial charge in [0.05, 0.1) is 18.3 Å². The average molecular weight is 336 g/mol. The molecule has 1 saturated heterocycles. The molecule has 0 saturated carbocycles. The van der Waals surface area contributed by atoms with Crippen molar-refractivity contribution in [2.24, 2.45) is 5.92 Å². The van der Waals surface area contributed by atoms with E-state index in [1.54, 1.807) is 6.20 Å². The summed E-state index contributed by atoms with van der Waals surface area (Å²) in [6.45, 7) is 4.08. The van der Waals surface area contributed by atoms with Crippen molar-refractivity contribution in [2.45, 2.75) is 19.9 Å². The van der Waals surface area contributed by atoms with Crippen molar-refractivity contribution < 1.29 is 9.53 Å². The van der Waals surface area contributed by atoms with Crippen LogP contribution in [0.3, 0.4) is 0 Å². The number of carbonyl (C=O) groups is 1. The fourth-order valence-electron chi connectivity index (χ4n) is 3.11. The molecule has 0 radical (unpaired) electrons. The largest absolute Gasteiger partial charge is 0.492 e. The molecule has 6 heteroatoms. The Morgan fingerprint density at radius 3 is 3.04 bits per heavy atom. The van der Waals surface area contributed by atoms with E-state index >= 15 is 0 Å². The maximum atomic E-state index is 11.4. The first kappa shape index (κ1) is 15.6. The molecule has 0 aliphatic carbocycles. The lowest BCUT2D eigenvalue weighted by atomic mass is 10.1. The molecule has 1 amide bonds. The standard InChI is InChI=1S/C19H20N4O2/c1-2-23-11-15(10-22-23)14-7-17-16(4-3-5-20-17)18(8-14)25-12-13-6-19(24)21-9-13/h3-5,7-8,10-11,13H,2,6,9,12H2,1H3,(H,21,24). The predicted octanol–water partition coefficient (Wildman–Crippen LogP) is 2.63. The zero-order valence-electron chi connectivity index (χ0n) is 14.1. The van der Waals surface area contributed by atoms with E-state index in [1.807, 2.05) is 35.3 Å². The van der Waals surface area contributed by atoms with Crippen LogP contribution in [0.4, 0.5) is 0 Å². The Labute approximate surface area is 145 Å². The minimum atomic E-state index is 0.0980. The zero-order valence-corrected chi connectivity index (χ0v) is 14.1. The number of nitrogens with zero attached hydrogens (tertiary/aromatic N) is 3. The first-order valence-electron chi connectivity index (χ1n) is 8.54. The average Bonchev–Trinajstić information content (AvgIpc) is 3.28. The third-order valence-electron chi connectivity index (χ3n) is 4.51. The minimum absolute atomic E-state index is 0.0980. The smallest absolute Gasteiger partial charge is 0.220 e. The molecule has 25 heavy (non-hydrogen) atoms. The van der Waals surface area contributed by atoms with Crippen LogP contribution in [0.25, 0.3) is 22.0 Å². The number of nitrogens with one attached hydrogen (secondary N) is 1. The van der Waals surface area contributed by atoms with Gasteiger partial charge >= 0.3 is 0 Å². The van der Waals surface area contributed by atoms with Gasteiger partial charge in [0, 0.05) is 48.8 Å². The van der Waals surface area contributed by atoms with Crippen LogP contribution in [0.15, 0.2) is 42.9 Å². The highest BCUT2D eigenvalue weighted by Crippen LogP contribution is 2.32. The molecule has 0 bridgehead atoms. The number of aryl methyl sites for hydroxylation is 1. The van der Waals surface area contributed by atoms with Crippen molar-refractivity contribution >= 4 is 16.8 Å². The second-order valence-corrected chi connectivity index (χ2v) is 6.31. The fraction of sp³-hybridized carbons (Fsp3) is 0.316. The van der Waals surface area contributed by atoms with Gasteiger partial charge in [-0.3, -0.25) is 14.5 Å². The van der Waals surface area contributed by atoms with Crippen molar-refractivity contribution in [3.05, 3.63) is 42.9 Å². The van der Waals surface area contributed by atoms with Gasteiger partial charge in [0.1, 0.15) is 5.75 Å². The second kappa shape index (κ2) is 6.55. The third kappa shape index (κ3) is 3.20. The fourth-order valence-corrected chi connectivity index (χ4v) is 3.11. The van der Waals surface area contributed by atoms with Crippen molar-refractivity contribution in [1.82, 2.24) is 20.1 Å². The normalized spacial score (nSPS) is 17.0. The van der Waals surface area contributed by atoms with Gasteiger partial charge in [-0.2, -0.15) is 5.10 Å². The number of hydrogen-bond donors (Lipinski definition) is 1. The van der Waals surface area contributed by atoms with E-state index in [4.69, 9.17) is 4.74 Å². The molecule has 3 heterocycles. The maximum absolute atomic E-state index is 11.4. The highest BCUT2D eigenvalue weighted by Gasteiger charge is 2.22. The third-order valence-corrected chi connectivity index (χ3v) is 4.51. The summed E-state index contributed by atoms with van der Waals surface area (Å²) in [4.78, 5) is 15.8. The molecule has 128 valence electrons. The van der Waals surface area contributed by atoms with Crippen LogP contribution in [0, 0.1) is 5.92 Å². The molecule has 1 N–H and O–H groups in total. The van der Waals surface area contributed by atoms with Crippen LogP contribution in [0.5, 0.6) is 5.75 Å². The van der Waals surface area contributed by atoms with Gasteiger partial charge < -0.3 is 10.1 Å². The first-order chi connectivity index (χ1) is 12.2. The molecule has 6 nitrogen and oxygen atoms in total. The van der Waals surface area contributed by atoms with Crippen LogP contribution in [-0.4, -0.2) is 33.8 Å². The number of aromatic nitrogens is 3. The molecule has 1 aliphatic heterocycles. The van der Waals surface area contributed by atoms with E-state index in [0.717, 1.165) is 34.3 Å². The van der Waals surface area contributed by atoms with E-state index in [2.05, 4.69) is 28.4 Å². The number of carbonyl (C=O) groups excluding carboxylic acids is 1. The lowest BCUT2D eigenvalue weighted by molar-refractivity contribution is -0.119. The summed E-state index contributed by atoms with van der Waals surface area (Å²) in [7, 11) is 0. The van der Waals surface area contributed by atoms with Gasteiger partial charge in [-0.25, -0.2) is 0 Å². The van der Waals surface area contributed by atoms with Crippen LogP contribution in [0.2, 0.25) is 0 Å². The predicted molar refractivity (Wildman–Crippen MR) is 95.2 cm³/mol. The highest BCUT2D eigenvalue weighted by atomic mass is 16.5. The molecule has 1 fully saturated rings. The zero-order chi connectivity index (χ0) is 17.2. The van der Waals surface area contributed by atoms with Crippen molar-refractivity contribution in [3.63, 3.8) is 0 Å². The second-order valence-electron chi connectivity index (χ2n) is 6.31. The van der Waals surface area contributed by atoms with Crippen molar-refractivity contribution in [1.29, 1.82) is 0 Å². The van der Waals surface area contributed by atoms with Gasteiger partial charge in [0.15, 0.2) is 0 Å². The Hall–Kier alpha value is -2.89. The summed E-state index contributed by atoms with van der Waals surface area (Å²) in [6, 6.07) is 8.00. The number of rotatable bonds is 5. The van der Waals surface area contributed by atoms with Gasteiger partial charge in [0.2, 0.25) is 5.91 Å². The van der Waals surface area contributed by atoms with Gasteiger partial charge in [-0.15, -0.1) is 0 Å². The highest BCUT2D eigenvalue weighted by molar-refractivity contribution is 5.89. The molecular formula is C19H20N4O2. The van der Waals surface area contributed by atoms with Crippen molar-refractivity contribution in [3.8, 4) is 16.9 Å². The summed E-state index contributed by atoms with van der Waals surface area (Å²) in [5.41, 5.74) is 2.96. The van der Waals surface area contributed by atoms with E-state index in [1.165, 1.54) is 0 Å². The summed E-state index contributed by atoms with van der Waals surface area (Å²) >= 11 is 0. The molecule has 1 atom stereocenters. The number of hydrogen-bond acceptors (Lipinski definition) is 4. The molecule has 4 rings (SSSR count). The summed E-state index contributed by atoms with van der Waals surface area (Å²) in [5.74, 6) is 1.11. The number of amides is 1. The number of fused-ring (bicyclic) bond motifs is 1. The molecule has 1 aromatic carbocycles. The molecule has 2 aromatic heterocycles. The van der Waals surface area contributed by atoms with Crippen LogP contribution in [0.1, 0.15) is 13.3 Å². The van der Waals surface area contributed by atoms with Gasteiger partial charge in [-0.1, -0.05) is 0 Å². The number of pyridine rings is 1. The van der Waals surface area contributed by atoms with Crippen LogP contribution in [-0.2, 0) is 11.3 Å². The van der Waals surface area contributed by atoms with E-state index in [-0.39, 0.29) is 11.8 Å². The summed E-state index contributed by atoms with van der Waals surface area (Å²) < 4.78 is 7.98. The minimum Gasteiger partial charge on any atom is -0.492 e. The molecule has 1 unspecified atom stereocenters. The Morgan fingerprint density at radius 2 is 2.28 bits per heavy atom. The Bertz CT molecular complexity index is 919. The van der Waals surface area contributed by atoms with Gasteiger partial charge in [-0.05, 0) is 36.8 Å². The van der Waals surface area contributed by atoms with E-state index in [9.17, 15) is 4.79 Å². The number of ether oxygens (including phenoxy) is 1. The molecular weight excluding hydrogens is 316 g/mol. The lowest BCUT2D eigenvalue weighted by Crippen LogP contribution is -2.16. The Balaban J connectivity index is 1.67. The number of benzene rings is 1. The van der Waals surface area contributed by atoms with E-state index in [0.29, 0.717) is 19.6 Å². The first-order valence-corrected chi connectivity index (χ1v) is 8.54. The summed E-state index contributed by atoms with van der Waals surface area (Å²) in [5, 5.41) is 8.17. The van der Waals surface area contributed by atoms with E-state index < -0.39 is 0 Å². The van der Waals surface area contributed by atoms with Gasteiger partial charge in [0.25, 0.3) is 0 Å².